The van der Waals surface area contributed by atoms with Crippen LogP contribution in [-0.2, 0) is 10.0 Å². The number of halogens is 3. The van der Waals surface area contributed by atoms with Crippen LogP contribution in [-0.4, -0.2) is 49.4 Å². The summed E-state index contributed by atoms with van der Waals surface area (Å²) in [5, 5.41) is 1.67. The summed E-state index contributed by atoms with van der Waals surface area (Å²) in [5.41, 5.74) is -0.225. The average Bonchev–Trinajstić information content (AvgIpc) is 3.05. The summed E-state index contributed by atoms with van der Waals surface area (Å²) in [5.74, 6) is -1.00. The topological polar surface area (TPSA) is 82.3 Å². The van der Waals surface area contributed by atoms with Crippen molar-refractivity contribution in [2.75, 3.05) is 19.6 Å². The first-order valence-corrected chi connectivity index (χ1v) is 7.68. The zero-order valence-corrected chi connectivity index (χ0v) is 11.7. The minimum atomic E-state index is -4.52. The van der Waals surface area contributed by atoms with E-state index in [0.29, 0.717) is 13.1 Å². The van der Waals surface area contributed by atoms with E-state index in [1.54, 1.807) is 5.32 Å². The number of nitrogens with one attached hydrogen (secondary N) is 2. The largest absolute Gasteiger partial charge is 0.405 e. The fourth-order valence-corrected chi connectivity index (χ4v) is 3.52. The molecule has 1 amide bonds. The first-order chi connectivity index (χ1) is 9.70. The minimum absolute atomic E-state index is 0.124. The molecule has 2 heterocycles. The van der Waals surface area contributed by atoms with Crippen LogP contribution in [0.25, 0.3) is 0 Å². The van der Waals surface area contributed by atoms with Crippen LogP contribution in [0, 0.1) is 0 Å². The van der Waals surface area contributed by atoms with Gasteiger partial charge in [-0.05, 0) is 18.9 Å². The number of aromatic amines is 1. The van der Waals surface area contributed by atoms with E-state index in [2.05, 4.69) is 4.98 Å². The van der Waals surface area contributed by atoms with E-state index in [1.807, 2.05) is 0 Å². The predicted octanol–water partition coefficient (Wildman–Crippen LogP) is 1.09. The van der Waals surface area contributed by atoms with E-state index in [4.69, 9.17) is 0 Å². The van der Waals surface area contributed by atoms with Crippen LogP contribution in [0.3, 0.4) is 0 Å². The molecule has 118 valence electrons. The molecule has 0 aromatic carbocycles. The number of hydrogen-bond acceptors (Lipinski definition) is 3. The molecule has 0 radical (unpaired) electrons. The van der Waals surface area contributed by atoms with Gasteiger partial charge in [0, 0.05) is 19.3 Å². The number of aromatic nitrogens is 1. The summed E-state index contributed by atoms with van der Waals surface area (Å²) in [6, 6.07) is 1.04. The molecule has 0 atom stereocenters. The number of carbonyl (C=O) groups is 1. The maximum Gasteiger partial charge on any atom is 0.405 e. The van der Waals surface area contributed by atoms with Crippen molar-refractivity contribution < 1.29 is 26.4 Å². The van der Waals surface area contributed by atoms with Gasteiger partial charge in [0.05, 0.1) is 0 Å². The lowest BCUT2D eigenvalue weighted by Crippen LogP contribution is -2.33. The molecule has 0 saturated carbocycles. The Morgan fingerprint density at radius 3 is 2.52 bits per heavy atom. The second-order valence-corrected chi connectivity index (χ2v) is 6.60. The molecule has 1 fully saturated rings. The molecule has 1 aliphatic heterocycles. The third-order valence-electron chi connectivity index (χ3n) is 3.05. The molecule has 0 unspecified atom stereocenters. The number of amides is 1. The second-order valence-electron chi connectivity index (χ2n) is 4.66. The predicted molar refractivity (Wildman–Crippen MR) is 67.2 cm³/mol. The summed E-state index contributed by atoms with van der Waals surface area (Å²) < 4.78 is 61.7. The van der Waals surface area contributed by atoms with E-state index in [9.17, 15) is 26.4 Å². The molecule has 1 aliphatic rings. The standard InChI is InChI=1S/C11H14F3N3O3S/c12-11(13,14)7-16-10(18)9-5-8(6-15-9)21(19,20)17-3-1-2-4-17/h5-6,15H,1-4,7H2,(H,16,18). The number of nitrogens with zero attached hydrogens (tertiary/aromatic N) is 1. The zero-order valence-electron chi connectivity index (χ0n) is 10.9. The highest BCUT2D eigenvalue weighted by Crippen LogP contribution is 2.21. The monoisotopic (exact) mass is 325 g/mol. The SMILES string of the molecule is O=C(NCC(F)(F)F)c1cc(S(=O)(=O)N2CCCC2)c[nH]1. The molecule has 6 nitrogen and oxygen atoms in total. The third kappa shape index (κ3) is 3.76. The van der Waals surface area contributed by atoms with Crippen LogP contribution in [0.1, 0.15) is 23.3 Å². The molecular formula is C11H14F3N3O3S. The number of H-pyrrole nitrogens is 1. The molecule has 2 rings (SSSR count). The second kappa shape index (κ2) is 5.68. The molecule has 21 heavy (non-hydrogen) atoms. The maximum atomic E-state index is 12.2. The smallest absolute Gasteiger partial charge is 0.356 e. The highest BCUT2D eigenvalue weighted by Gasteiger charge is 2.30. The van der Waals surface area contributed by atoms with Gasteiger partial charge in [-0.25, -0.2) is 8.42 Å². The van der Waals surface area contributed by atoms with Crippen molar-refractivity contribution >= 4 is 15.9 Å². The van der Waals surface area contributed by atoms with Gasteiger partial charge in [0.25, 0.3) is 5.91 Å². The van der Waals surface area contributed by atoms with E-state index >= 15 is 0 Å². The third-order valence-corrected chi connectivity index (χ3v) is 4.93. The Bertz CT molecular complexity index is 618. The molecule has 1 saturated heterocycles. The van der Waals surface area contributed by atoms with Crippen molar-refractivity contribution in [3.63, 3.8) is 0 Å². The normalized spacial score (nSPS) is 17.1. The van der Waals surface area contributed by atoms with Crippen LogP contribution in [0.4, 0.5) is 13.2 Å². The molecule has 1 aromatic rings. The maximum absolute atomic E-state index is 12.2. The fourth-order valence-electron chi connectivity index (χ4n) is 2.01. The Morgan fingerprint density at radius 1 is 1.33 bits per heavy atom. The van der Waals surface area contributed by atoms with Crippen LogP contribution < -0.4 is 5.32 Å². The fraction of sp³-hybridized carbons (Fsp3) is 0.545. The van der Waals surface area contributed by atoms with Gasteiger partial charge >= 0.3 is 6.18 Å². The van der Waals surface area contributed by atoms with E-state index in [1.165, 1.54) is 4.31 Å². The first-order valence-electron chi connectivity index (χ1n) is 6.24. The van der Waals surface area contributed by atoms with Crippen LogP contribution >= 0.6 is 0 Å². The van der Waals surface area contributed by atoms with Crippen molar-refractivity contribution in [1.29, 1.82) is 0 Å². The lowest BCUT2D eigenvalue weighted by atomic mass is 10.4. The molecule has 1 aromatic heterocycles. The van der Waals surface area contributed by atoms with Gasteiger partial charge in [0.2, 0.25) is 10.0 Å². The van der Waals surface area contributed by atoms with Gasteiger partial charge < -0.3 is 10.3 Å². The Kier molecular flexibility index (Phi) is 4.28. The summed E-state index contributed by atoms with van der Waals surface area (Å²) >= 11 is 0. The highest BCUT2D eigenvalue weighted by atomic mass is 32.2. The van der Waals surface area contributed by atoms with E-state index in [0.717, 1.165) is 25.1 Å². The van der Waals surface area contributed by atoms with Gasteiger partial charge in [-0.3, -0.25) is 4.79 Å². The van der Waals surface area contributed by atoms with Crippen LogP contribution in [0.2, 0.25) is 0 Å². The molecule has 0 bridgehead atoms. The summed E-state index contributed by atoms with van der Waals surface area (Å²) in [6.45, 7) is -0.661. The highest BCUT2D eigenvalue weighted by molar-refractivity contribution is 7.89. The van der Waals surface area contributed by atoms with E-state index < -0.39 is 28.7 Å². The van der Waals surface area contributed by atoms with Gasteiger partial charge in [-0.1, -0.05) is 0 Å². The quantitative estimate of drug-likeness (QED) is 0.869. The van der Waals surface area contributed by atoms with E-state index in [-0.39, 0.29) is 10.6 Å². The Hall–Kier alpha value is -1.55. The minimum Gasteiger partial charge on any atom is -0.356 e. The van der Waals surface area contributed by atoms with Crippen molar-refractivity contribution in [3.8, 4) is 0 Å². The molecule has 2 N–H and O–H groups in total. The zero-order chi connectivity index (χ0) is 15.7. The van der Waals surface area contributed by atoms with Crippen LogP contribution in [0.5, 0.6) is 0 Å². The van der Waals surface area contributed by atoms with Gasteiger partial charge in [-0.15, -0.1) is 0 Å². The van der Waals surface area contributed by atoms with Crippen LogP contribution in [0.15, 0.2) is 17.2 Å². The molecule has 0 aliphatic carbocycles. The summed E-state index contributed by atoms with van der Waals surface area (Å²) in [4.78, 5) is 13.8. The van der Waals surface area contributed by atoms with Gasteiger partial charge in [0.15, 0.2) is 0 Å². The van der Waals surface area contributed by atoms with Crippen molar-refractivity contribution in [3.05, 3.63) is 18.0 Å². The lowest BCUT2D eigenvalue weighted by Gasteiger charge is -2.13. The number of carbonyl (C=O) groups excluding carboxylic acids is 1. The molecular weight excluding hydrogens is 311 g/mol. The summed E-state index contributed by atoms with van der Waals surface area (Å²) in [6.07, 6.45) is -1.88. The van der Waals surface area contributed by atoms with Gasteiger partial charge in [0.1, 0.15) is 17.1 Å². The first kappa shape index (κ1) is 15.8. The van der Waals surface area contributed by atoms with Gasteiger partial charge in [-0.2, -0.15) is 17.5 Å². The average molecular weight is 325 g/mol. The van der Waals surface area contributed by atoms with Crippen molar-refractivity contribution in [2.45, 2.75) is 23.9 Å². The number of alkyl halides is 3. The molecule has 10 heteroatoms. The van der Waals surface area contributed by atoms with Crippen molar-refractivity contribution in [2.24, 2.45) is 0 Å². The number of hydrogen-bond donors (Lipinski definition) is 2. The Morgan fingerprint density at radius 2 is 1.95 bits per heavy atom. The summed E-state index contributed by atoms with van der Waals surface area (Å²) in [7, 11) is -3.69. The Balaban J connectivity index is 2.09. The number of sulfonamides is 1. The Labute approximate surface area is 119 Å². The lowest BCUT2D eigenvalue weighted by molar-refractivity contribution is -0.123. The molecule has 0 spiro atoms. The van der Waals surface area contributed by atoms with Crippen molar-refractivity contribution in [1.82, 2.24) is 14.6 Å². The number of rotatable bonds is 4.